The number of rotatable bonds is 3. The van der Waals surface area contributed by atoms with Crippen molar-refractivity contribution in [1.29, 1.82) is 0 Å². The van der Waals surface area contributed by atoms with E-state index < -0.39 is 5.82 Å². The van der Waals surface area contributed by atoms with Gasteiger partial charge in [-0.05, 0) is 30.9 Å². The number of nitrogens with one attached hydrogen (secondary N) is 1. The molecule has 1 fully saturated rings. The Hall–Kier alpha value is -1.82. The van der Waals surface area contributed by atoms with Crippen LogP contribution >= 0.6 is 0 Å². The molecular weight excluding hydrogens is 263 g/mol. The molecule has 110 valence electrons. The van der Waals surface area contributed by atoms with Crippen molar-refractivity contribution in [2.45, 2.75) is 12.8 Å². The lowest BCUT2D eigenvalue weighted by molar-refractivity contribution is 0.136. The van der Waals surface area contributed by atoms with Crippen molar-refractivity contribution in [1.82, 2.24) is 4.90 Å². The van der Waals surface area contributed by atoms with Crippen LogP contribution in [0.4, 0.5) is 14.9 Å². The molecule has 0 saturated carbocycles. The summed E-state index contributed by atoms with van der Waals surface area (Å²) in [4.78, 5) is 13.8. The lowest BCUT2D eigenvalue weighted by atomic mass is 9.99. The number of halogens is 1. The van der Waals surface area contributed by atoms with Gasteiger partial charge in [-0.1, -0.05) is 0 Å². The molecule has 6 heteroatoms. The number of benzene rings is 1. The number of urea groups is 1. The zero-order chi connectivity index (χ0) is 14.5. The molecule has 1 atom stereocenters. The van der Waals surface area contributed by atoms with Gasteiger partial charge in [0.05, 0.1) is 12.8 Å². The van der Waals surface area contributed by atoms with E-state index in [1.54, 1.807) is 4.90 Å². The molecule has 1 aliphatic rings. The van der Waals surface area contributed by atoms with Crippen LogP contribution in [0.2, 0.25) is 0 Å². The van der Waals surface area contributed by atoms with E-state index in [0.717, 1.165) is 12.8 Å². The highest BCUT2D eigenvalue weighted by molar-refractivity contribution is 5.91. The number of aliphatic hydroxyl groups excluding tert-OH is 1. The van der Waals surface area contributed by atoms with E-state index in [9.17, 15) is 14.3 Å². The SMILES string of the molecule is COc1ccc(F)cc1NC(=O)N1CCCC(CO)C1. The molecule has 1 aliphatic heterocycles. The normalized spacial score (nSPS) is 18.8. The highest BCUT2D eigenvalue weighted by Gasteiger charge is 2.23. The number of aliphatic hydroxyl groups is 1. The molecule has 2 rings (SSSR count). The summed E-state index contributed by atoms with van der Waals surface area (Å²) in [5.41, 5.74) is 0.309. The van der Waals surface area contributed by atoms with Crippen molar-refractivity contribution < 1.29 is 19.0 Å². The van der Waals surface area contributed by atoms with Crippen LogP contribution in [-0.2, 0) is 0 Å². The van der Waals surface area contributed by atoms with Gasteiger partial charge in [0.15, 0.2) is 0 Å². The Bertz CT molecular complexity index is 481. The van der Waals surface area contributed by atoms with Gasteiger partial charge in [-0.3, -0.25) is 0 Å². The first-order valence-corrected chi connectivity index (χ1v) is 6.64. The van der Waals surface area contributed by atoms with E-state index in [0.29, 0.717) is 24.5 Å². The van der Waals surface area contributed by atoms with Crippen LogP contribution in [0, 0.1) is 11.7 Å². The minimum absolute atomic E-state index is 0.0765. The zero-order valence-corrected chi connectivity index (χ0v) is 11.4. The fraction of sp³-hybridized carbons (Fsp3) is 0.500. The number of carbonyl (C=O) groups excluding carboxylic acids is 1. The number of anilines is 1. The minimum atomic E-state index is -0.437. The van der Waals surface area contributed by atoms with Crippen molar-refractivity contribution in [3.05, 3.63) is 24.0 Å². The van der Waals surface area contributed by atoms with Crippen LogP contribution in [0.3, 0.4) is 0 Å². The smallest absolute Gasteiger partial charge is 0.321 e. The van der Waals surface area contributed by atoms with Gasteiger partial charge < -0.3 is 20.1 Å². The van der Waals surface area contributed by atoms with E-state index in [2.05, 4.69) is 5.32 Å². The van der Waals surface area contributed by atoms with Gasteiger partial charge in [0.1, 0.15) is 11.6 Å². The summed E-state index contributed by atoms with van der Waals surface area (Å²) >= 11 is 0. The molecule has 2 N–H and O–H groups in total. The Labute approximate surface area is 117 Å². The Morgan fingerprint density at radius 1 is 1.60 bits per heavy atom. The number of carbonyl (C=O) groups is 1. The number of piperidine rings is 1. The molecule has 2 amide bonds. The third-order valence-electron chi connectivity index (χ3n) is 3.47. The van der Waals surface area contributed by atoms with Crippen LogP contribution in [-0.4, -0.2) is 42.8 Å². The Morgan fingerprint density at radius 2 is 2.40 bits per heavy atom. The van der Waals surface area contributed by atoms with Gasteiger partial charge in [-0.2, -0.15) is 0 Å². The average molecular weight is 282 g/mol. The fourth-order valence-electron chi connectivity index (χ4n) is 2.37. The first-order valence-electron chi connectivity index (χ1n) is 6.64. The topological polar surface area (TPSA) is 61.8 Å². The molecule has 0 radical (unpaired) electrons. The second-order valence-electron chi connectivity index (χ2n) is 4.91. The van der Waals surface area contributed by atoms with Gasteiger partial charge >= 0.3 is 6.03 Å². The van der Waals surface area contributed by atoms with Gasteiger partial charge in [-0.15, -0.1) is 0 Å². The maximum absolute atomic E-state index is 13.2. The third kappa shape index (κ3) is 3.39. The molecule has 0 spiro atoms. The highest BCUT2D eigenvalue weighted by Crippen LogP contribution is 2.26. The maximum atomic E-state index is 13.2. The number of likely N-dealkylation sites (tertiary alicyclic amines) is 1. The molecule has 1 saturated heterocycles. The van der Waals surface area contributed by atoms with E-state index in [1.807, 2.05) is 0 Å². The van der Waals surface area contributed by atoms with Crippen LogP contribution in [0.15, 0.2) is 18.2 Å². The molecule has 1 aromatic carbocycles. The van der Waals surface area contributed by atoms with Crippen molar-refractivity contribution in [3.63, 3.8) is 0 Å². The first kappa shape index (κ1) is 14.6. The number of hydrogen-bond donors (Lipinski definition) is 2. The summed E-state index contributed by atoms with van der Waals surface area (Å²) in [5.74, 6) is 0.0901. The monoisotopic (exact) mass is 282 g/mol. The number of ether oxygens (including phenoxy) is 1. The van der Waals surface area contributed by atoms with E-state index in [4.69, 9.17) is 4.74 Å². The van der Waals surface area contributed by atoms with Crippen molar-refractivity contribution in [2.75, 3.05) is 32.1 Å². The Balaban J connectivity index is 2.05. The second-order valence-corrected chi connectivity index (χ2v) is 4.91. The molecule has 5 nitrogen and oxygen atoms in total. The summed E-state index contributed by atoms with van der Waals surface area (Å²) in [6.45, 7) is 1.23. The van der Waals surface area contributed by atoms with Crippen LogP contribution in [0.5, 0.6) is 5.75 Å². The van der Waals surface area contributed by atoms with E-state index in [-0.39, 0.29) is 18.6 Å². The number of amides is 2. The lowest BCUT2D eigenvalue weighted by Gasteiger charge is -2.31. The number of hydrogen-bond acceptors (Lipinski definition) is 3. The Morgan fingerprint density at radius 3 is 3.10 bits per heavy atom. The second kappa shape index (κ2) is 6.56. The van der Waals surface area contributed by atoms with E-state index >= 15 is 0 Å². The quantitative estimate of drug-likeness (QED) is 0.892. The standard InChI is InChI=1S/C14H19FN2O3/c1-20-13-5-4-11(15)7-12(13)16-14(19)17-6-2-3-10(8-17)9-18/h4-5,7,10,18H,2-3,6,8-9H2,1H3,(H,16,19). The van der Waals surface area contributed by atoms with Gasteiger partial charge in [-0.25, -0.2) is 9.18 Å². The van der Waals surface area contributed by atoms with Gasteiger partial charge in [0.2, 0.25) is 0 Å². The molecule has 1 heterocycles. The van der Waals surface area contributed by atoms with Crippen molar-refractivity contribution >= 4 is 11.7 Å². The Kier molecular flexibility index (Phi) is 4.79. The summed E-state index contributed by atoms with van der Waals surface area (Å²) in [7, 11) is 1.46. The van der Waals surface area contributed by atoms with Crippen LogP contribution in [0.25, 0.3) is 0 Å². The molecule has 0 aromatic heterocycles. The minimum Gasteiger partial charge on any atom is -0.495 e. The molecular formula is C14H19FN2O3. The van der Waals surface area contributed by atoms with Crippen LogP contribution < -0.4 is 10.1 Å². The number of methoxy groups -OCH3 is 1. The first-order chi connectivity index (χ1) is 9.63. The third-order valence-corrected chi connectivity index (χ3v) is 3.47. The zero-order valence-electron chi connectivity index (χ0n) is 11.4. The fourth-order valence-corrected chi connectivity index (χ4v) is 2.37. The highest BCUT2D eigenvalue weighted by atomic mass is 19.1. The average Bonchev–Trinajstić information content (AvgIpc) is 2.47. The lowest BCUT2D eigenvalue weighted by Crippen LogP contribution is -2.43. The van der Waals surface area contributed by atoms with E-state index in [1.165, 1.54) is 25.3 Å². The van der Waals surface area contributed by atoms with Gasteiger partial charge in [0.25, 0.3) is 0 Å². The van der Waals surface area contributed by atoms with Gasteiger partial charge in [0, 0.05) is 25.8 Å². The predicted octanol–water partition coefficient (Wildman–Crippen LogP) is 2.07. The molecule has 0 bridgehead atoms. The molecule has 1 aromatic rings. The largest absolute Gasteiger partial charge is 0.495 e. The van der Waals surface area contributed by atoms with Crippen molar-refractivity contribution in [3.8, 4) is 5.75 Å². The van der Waals surface area contributed by atoms with Crippen LogP contribution in [0.1, 0.15) is 12.8 Å². The molecule has 1 unspecified atom stereocenters. The molecule has 20 heavy (non-hydrogen) atoms. The summed E-state index contributed by atoms with van der Waals surface area (Å²) < 4.78 is 18.3. The number of nitrogens with zero attached hydrogens (tertiary/aromatic N) is 1. The molecule has 0 aliphatic carbocycles. The van der Waals surface area contributed by atoms with Crippen molar-refractivity contribution in [2.24, 2.45) is 5.92 Å². The predicted molar refractivity (Wildman–Crippen MR) is 73.4 cm³/mol. The summed E-state index contributed by atoms with van der Waals surface area (Å²) in [6.07, 6.45) is 1.78. The maximum Gasteiger partial charge on any atom is 0.321 e. The summed E-state index contributed by atoms with van der Waals surface area (Å²) in [6, 6.07) is 3.67. The summed E-state index contributed by atoms with van der Waals surface area (Å²) in [5, 5.41) is 11.8.